The van der Waals surface area contributed by atoms with Crippen LogP contribution < -0.4 is 5.32 Å². The van der Waals surface area contributed by atoms with Crippen molar-refractivity contribution in [1.29, 1.82) is 0 Å². The van der Waals surface area contributed by atoms with Crippen LogP contribution in [0.1, 0.15) is 26.3 Å². The molecule has 0 bridgehead atoms. The van der Waals surface area contributed by atoms with E-state index < -0.39 is 0 Å². The zero-order valence-corrected chi connectivity index (χ0v) is 13.6. The summed E-state index contributed by atoms with van der Waals surface area (Å²) in [6.45, 7) is 4.35. The minimum Gasteiger partial charge on any atom is -0.378 e. The first kappa shape index (κ1) is 16.2. The van der Waals surface area contributed by atoms with Crippen LogP contribution in [0.5, 0.6) is 0 Å². The molecule has 3 rings (SSSR count). The molecular formula is C19H20N2O3. The Hall–Kier alpha value is -2.66. The smallest absolute Gasteiger partial charge is 0.255 e. The molecule has 0 radical (unpaired) electrons. The minimum absolute atomic E-state index is 0.0243. The molecule has 0 spiro atoms. The van der Waals surface area contributed by atoms with Crippen molar-refractivity contribution in [1.82, 2.24) is 4.90 Å². The van der Waals surface area contributed by atoms with E-state index in [9.17, 15) is 9.59 Å². The lowest BCUT2D eigenvalue weighted by Gasteiger charge is -2.26. The van der Waals surface area contributed by atoms with Gasteiger partial charge in [-0.3, -0.25) is 9.59 Å². The first-order valence-corrected chi connectivity index (χ1v) is 7.98. The Morgan fingerprint density at radius 1 is 0.917 bits per heavy atom. The Labute approximate surface area is 141 Å². The van der Waals surface area contributed by atoms with E-state index in [0.717, 1.165) is 11.3 Å². The molecule has 0 saturated carbocycles. The van der Waals surface area contributed by atoms with Gasteiger partial charge in [0.25, 0.3) is 11.8 Å². The predicted molar refractivity (Wildman–Crippen MR) is 92.3 cm³/mol. The average molecular weight is 324 g/mol. The second-order valence-corrected chi connectivity index (χ2v) is 5.80. The summed E-state index contributed by atoms with van der Waals surface area (Å²) in [5.74, 6) is -0.215. The summed E-state index contributed by atoms with van der Waals surface area (Å²) in [4.78, 5) is 26.4. The first-order chi connectivity index (χ1) is 11.6. The predicted octanol–water partition coefficient (Wildman–Crippen LogP) is 2.72. The van der Waals surface area contributed by atoms with E-state index in [2.05, 4.69) is 5.32 Å². The van der Waals surface area contributed by atoms with Crippen LogP contribution in [0.4, 0.5) is 5.69 Å². The van der Waals surface area contributed by atoms with Crippen LogP contribution in [0.2, 0.25) is 0 Å². The van der Waals surface area contributed by atoms with E-state index >= 15 is 0 Å². The zero-order chi connectivity index (χ0) is 16.9. The second-order valence-electron chi connectivity index (χ2n) is 5.80. The van der Waals surface area contributed by atoms with Gasteiger partial charge in [-0.15, -0.1) is 0 Å². The molecule has 1 heterocycles. The molecule has 1 aliphatic heterocycles. The Kier molecular flexibility index (Phi) is 4.91. The van der Waals surface area contributed by atoms with Crippen LogP contribution >= 0.6 is 0 Å². The van der Waals surface area contributed by atoms with Crippen molar-refractivity contribution in [3.63, 3.8) is 0 Å². The van der Waals surface area contributed by atoms with Gasteiger partial charge in [0, 0.05) is 29.9 Å². The van der Waals surface area contributed by atoms with Gasteiger partial charge in [-0.1, -0.05) is 17.7 Å². The molecule has 0 atom stereocenters. The number of morpholine rings is 1. The zero-order valence-electron chi connectivity index (χ0n) is 13.6. The van der Waals surface area contributed by atoms with Crippen molar-refractivity contribution >= 4 is 17.5 Å². The summed E-state index contributed by atoms with van der Waals surface area (Å²) in [5.41, 5.74) is 3.00. The van der Waals surface area contributed by atoms with Gasteiger partial charge in [0.2, 0.25) is 0 Å². The molecule has 5 heteroatoms. The van der Waals surface area contributed by atoms with Gasteiger partial charge < -0.3 is 15.0 Å². The van der Waals surface area contributed by atoms with Gasteiger partial charge in [-0.05, 0) is 43.3 Å². The van der Waals surface area contributed by atoms with Gasteiger partial charge in [0.05, 0.1) is 13.2 Å². The highest BCUT2D eigenvalue weighted by Crippen LogP contribution is 2.13. The van der Waals surface area contributed by atoms with Crippen molar-refractivity contribution in [2.24, 2.45) is 0 Å². The molecule has 1 N–H and O–H groups in total. The summed E-state index contributed by atoms with van der Waals surface area (Å²) in [7, 11) is 0. The van der Waals surface area contributed by atoms with Gasteiger partial charge in [-0.2, -0.15) is 0 Å². The van der Waals surface area contributed by atoms with E-state index in [4.69, 9.17) is 4.74 Å². The molecule has 0 unspecified atom stereocenters. The van der Waals surface area contributed by atoms with Crippen molar-refractivity contribution in [2.45, 2.75) is 6.92 Å². The molecular weight excluding hydrogens is 304 g/mol. The lowest BCUT2D eigenvalue weighted by atomic mass is 10.1. The van der Waals surface area contributed by atoms with Crippen LogP contribution in [0.25, 0.3) is 0 Å². The van der Waals surface area contributed by atoms with E-state index in [1.54, 1.807) is 29.2 Å². The summed E-state index contributed by atoms with van der Waals surface area (Å²) in [5, 5.41) is 2.85. The summed E-state index contributed by atoms with van der Waals surface area (Å²) < 4.78 is 5.25. The fourth-order valence-electron chi connectivity index (χ4n) is 2.55. The fourth-order valence-corrected chi connectivity index (χ4v) is 2.55. The van der Waals surface area contributed by atoms with Gasteiger partial charge in [0.15, 0.2) is 0 Å². The van der Waals surface area contributed by atoms with E-state index in [-0.39, 0.29) is 11.8 Å². The highest BCUT2D eigenvalue weighted by Gasteiger charge is 2.18. The minimum atomic E-state index is -0.191. The number of anilines is 1. The van der Waals surface area contributed by atoms with E-state index in [1.807, 2.05) is 31.2 Å². The Morgan fingerprint density at radius 3 is 2.12 bits per heavy atom. The number of nitrogens with zero attached hydrogens (tertiary/aromatic N) is 1. The topological polar surface area (TPSA) is 58.6 Å². The highest BCUT2D eigenvalue weighted by atomic mass is 16.5. The van der Waals surface area contributed by atoms with Crippen LogP contribution in [-0.2, 0) is 4.74 Å². The molecule has 2 aromatic carbocycles. The number of aryl methyl sites for hydroxylation is 1. The molecule has 2 amide bonds. The third kappa shape index (κ3) is 3.81. The second kappa shape index (κ2) is 7.27. The Bertz CT molecular complexity index is 717. The number of amides is 2. The quantitative estimate of drug-likeness (QED) is 0.944. The third-order valence-electron chi connectivity index (χ3n) is 4.00. The maximum absolute atomic E-state index is 12.4. The number of carbonyl (C=O) groups excluding carboxylic acids is 2. The average Bonchev–Trinajstić information content (AvgIpc) is 2.64. The molecule has 1 aliphatic rings. The van der Waals surface area contributed by atoms with Crippen LogP contribution in [-0.4, -0.2) is 43.0 Å². The Morgan fingerprint density at radius 2 is 1.50 bits per heavy atom. The third-order valence-corrected chi connectivity index (χ3v) is 4.00. The maximum atomic E-state index is 12.4. The maximum Gasteiger partial charge on any atom is 0.255 e. The first-order valence-electron chi connectivity index (χ1n) is 7.98. The molecule has 0 aliphatic carbocycles. The summed E-state index contributed by atoms with van der Waals surface area (Å²) >= 11 is 0. The SMILES string of the molecule is Cc1ccc(NC(=O)c2ccc(C(=O)N3CCOCC3)cc2)cc1. The Balaban J connectivity index is 1.66. The van der Waals surface area contributed by atoms with Crippen molar-refractivity contribution < 1.29 is 14.3 Å². The van der Waals surface area contributed by atoms with E-state index in [0.29, 0.717) is 37.4 Å². The van der Waals surface area contributed by atoms with Gasteiger partial charge >= 0.3 is 0 Å². The molecule has 1 fully saturated rings. The number of ether oxygens (including phenoxy) is 1. The normalized spacial score (nSPS) is 14.3. The molecule has 24 heavy (non-hydrogen) atoms. The lowest BCUT2D eigenvalue weighted by molar-refractivity contribution is 0.0303. The monoisotopic (exact) mass is 324 g/mol. The largest absolute Gasteiger partial charge is 0.378 e. The number of hydrogen-bond acceptors (Lipinski definition) is 3. The van der Waals surface area contributed by atoms with Gasteiger partial charge in [-0.25, -0.2) is 0 Å². The van der Waals surface area contributed by atoms with Crippen molar-refractivity contribution in [3.8, 4) is 0 Å². The molecule has 1 saturated heterocycles. The lowest BCUT2D eigenvalue weighted by Crippen LogP contribution is -2.40. The molecule has 124 valence electrons. The molecule has 5 nitrogen and oxygen atoms in total. The van der Waals surface area contributed by atoms with Crippen LogP contribution in [0.15, 0.2) is 48.5 Å². The summed E-state index contributed by atoms with van der Waals surface area (Å²) in [6, 6.07) is 14.4. The van der Waals surface area contributed by atoms with Crippen LogP contribution in [0.3, 0.4) is 0 Å². The fraction of sp³-hybridized carbons (Fsp3) is 0.263. The number of nitrogens with one attached hydrogen (secondary N) is 1. The van der Waals surface area contributed by atoms with Crippen molar-refractivity contribution in [3.05, 3.63) is 65.2 Å². The number of rotatable bonds is 3. The number of carbonyl (C=O) groups is 2. The molecule has 2 aromatic rings. The highest BCUT2D eigenvalue weighted by molar-refractivity contribution is 6.05. The molecule has 0 aromatic heterocycles. The van der Waals surface area contributed by atoms with E-state index in [1.165, 1.54) is 0 Å². The number of benzene rings is 2. The van der Waals surface area contributed by atoms with Crippen LogP contribution in [0, 0.1) is 6.92 Å². The van der Waals surface area contributed by atoms with Crippen molar-refractivity contribution in [2.75, 3.05) is 31.6 Å². The van der Waals surface area contributed by atoms with Gasteiger partial charge in [0.1, 0.15) is 0 Å². The number of hydrogen-bond donors (Lipinski definition) is 1. The summed E-state index contributed by atoms with van der Waals surface area (Å²) in [6.07, 6.45) is 0. The standard InChI is InChI=1S/C19H20N2O3/c1-14-2-8-17(9-3-14)20-18(22)15-4-6-16(7-5-15)19(23)21-10-12-24-13-11-21/h2-9H,10-13H2,1H3,(H,20,22).